The van der Waals surface area contributed by atoms with Gasteiger partial charge in [0.15, 0.2) is 0 Å². The van der Waals surface area contributed by atoms with Crippen molar-refractivity contribution in [3.8, 4) is 0 Å². The molecule has 0 heterocycles. The number of carbonyl (C=O) groups excluding carboxylic acids is 2. The quantitative estimate of drug-likeness (QED) is 0.617. The largest absolute Gasteiger partial charge is 0.444 e. The molecule has 7 heteroatoms. The van der Waals surface area contributed by atoms with Crippen molar-refractivity contribution < 1.29 is 19.1 Å². The Kier molecular flexibility index (Phi) is 7.82. The minimum absolute atomic E-state index is 0.00869. The number of hydrogen-bond donors (Lipinski definition) is 2. The summed E-state index contributed by atoms with van der Waals surface area (Å²) >= 11 is 0. The Balaban J connectivity index is 2.77. The van der Waals surface area contributed by atoms with Gasteiger partial charge in [0, 0.05) is 6.54 Å². The average molecular weight is 377 g/mol. The van der Waals surface area contributed by atoms with Crippen LogP contribution in [0.15, 0.2) is 29.3 Å². The van der Waals surface area contributed by atoms with Crippen LogP contribution < -0.4 is 10.6 Å². The van der Waals surface area contributed by atoms with Crippen molar-refractivity contribution in [3.05, 3.63) is 35.4 Å². The zero-order chi connectivity index (χ0) is 20.7. The number of alkyl carbamates (subject to hydrolysis) is 2. The highest BCUT2D eigenvalue weighted by Gasteiger charge is 2.21. The van der Waals surface area contributed by atoms with Crippen molar-refractivity contribution in [1.82, 2.24) is 10.6 Å². The second-order valence-electron chi connectivity index (χ2n) is 8.22. The summed E-state index contributed by atoms with van der Waals surface area (Å²) in [6.07, 6.45) is -0.740. The molecule has 0 saturated carbocycles. The molecule has 0 atom stereocenters. The lowest BCUT2D eigenvalue weighted by atomic mass is 10.1. The van der Waals surface area contributed by atoms with Gasteiger partial charge in [-0.15, -0.1) is 0 Å². The third-order valence-electron chi connectivity index (χ3n) is 3.03. The molecule has 2 amide bonds. The molecule has 0 aromatic heterocycles. The van der Waals surface area contributed by atoms with Crippen LogP contribution in [0.2, 0.25) is 0 Å². The zero-order valence-corrected chi connectivity index (χ0v) is 17.3. The fourth-order valence-corrected chi connectivity index (χ4v) is 1.96. The number of amides is 2. The molecule has 0 aliphatic carbocycles. The normalized spacial score (nSPS) is 11.4. The summed E-state index contributed by atoms with van der Waals surface area (Å²) in [5.41, 5.74) is 0.964. The standard InChI is InChI=1S/C20H31N3O4/c1-14-8-10-15(11-9-14)12-13-21-16(22-17(24)26-19(2,3)4)23-18(25)27-20(5,6)7/h8-11H,12-13H2,1-7H3,(H2,21,22,23,24,25). The first-order valence-corrected chi connectivity index (χ1v) is 8.94. The van der Waals surface area contributed by atoms with Crippen molar-refractivity contribution in [1.29, 1.82) is 0 Å². The van der Waals surface area contributed by atoms with Crippen molar-refractivity contribution >= 4 is 18.1 Å². The number of aryl methyl sites for hydroxylation is 1. The van der Waals surface area contributed by atoms with Gasteiger partial charge in [-0.1, -0.05) is 29.8 Å². The first-order chi connectivity index (χ1) is 12.3. The average Bonchev–Trinajstić information content (AvgIpc) is 2.45. The van der Waals surface area contributed by atoms with Crippen LogP contribution in [-0.2, 0) is 15.9 Å². The van der Waals surface area contributed by atoms with E-state index < -0.39 is 23.4 Å². The highest BCUT2D eigenvalue weighted by Crippen LogP contribution is 2.08. The molecule has 2 N–H and O–H groups in total. The Bertz CT molecular complexity index is 636. The van der Waals surface area contributed by atoms with Crippen molar-refractivity contribution in [2.24, 2.45) is 4.99 Å². The van der Waals surface area contributed by atoms with Crippen LogP contribution in [0.3, 0.4) is 0 Å². The smallest absolute Gasteiger partial charge is 0.414 e. The van der Waals surface area contributed by atoms with Crippen molar-refractivity contribution in [2.75, 3.05) is 6.54 Å². The maximum absolute atomic E-state index is 12.0. The van der Waals surface area contributed by atoms with E-state index >= 15 is 0 Å². The number of nitrogens with zero attached hydrogens (tertiary/aromatic N) is 1. The number of guanidine groups is 1. The van der Waals surface area contributed by atoms with Gasteiger partial charge in [0.05, 0.1) is 0 Å². The van der Waals surface area contributed by atoms with E-state index in [1.165, 1.54) is 5.56 Å². The molecule has 27 heavy (non-hydrogen) atoms. The predicted molar refractivity (Wildman–Crippen MR) is 106 cm³/mol. The molecule has 0 spiro atoms. The summed E-state index contributed by atoms with van der Waals surface area (Å²) in [5, 5.41) is 4.93. The third-order valence-corrected chi connectivity index (χ3v) is 3.03. The number of aliphatic imine (C=N–C) groups is 1. The Morgan fingerprint density at radius 3 is 1.74 bits per heavy atom. The molecule has 1 aromatic rings. The van der Waals surface area contributed by atoms with E-state index in [-0.39, 0.29) is 5.96 Å². The van der Waals surface area contributed by atoms with Crippen LogP contribution in [0.5, 0.6) is 0 Å². The first-order valence-electron chi connectivity index (χ1n) is 8.94. The summed E-state index contributed by atoms with van der Waals surface area (Å²) in [6, 6.07) is 8.09. The number of benzene rings is 1. The molecule has 0 fully saturated rings. The highest BCUT2D eigenvalue weighted by molar-refractivity contribution is 6.01. The molecule has 0 aliphatic rings. The third kappa shape index (κ3) is 10.9. The summed E-state index contributed by atoms with van der Waals surface area (Å²) in [5.74, 6) is -0.00869. The summed E-state index contributed by atoms with van der Waals surface area (Å²) in [7, 11) is 0. The van der Waals surface area contributed by atoms with E-state index in [9.17, 15) is 9.59 Å². The minimum atomic E-state index is -0.701. The maximum Gasteiger partial charge on any atom is 0.414 e. The molecular weight excluding hydrogens is 346 g/mol. The van der Waals surface area contributed by atoms with Crippen LogP contribution >= 0.6 is 0 Å². The Labute approximate surface area is 161 Å². The predicted octanol–water partition coefficient (Wildman–Crippen LogP) is 3.94. The fraction of sp³-hybridized carbons (Fsp3) is 0.550. The minimum Gasteiger partial charge on any atom is -0.444 e. The molecule has 0 bridgehead atoms. The van der Waals surface area contributed by atoms with Crippen LogP contribution in [0, 0.1) is 6.92 Å². The van der Waals surface area contributed by atoms with Gasteiger partial charge in [-0.05, 0) is 60.5 Å². The molecule has 7 nitrogen and oxygen atoms in total. The second kappa shape index (κ2) is 9.39. The first kappa shape index (κ1) is 22.5. The zero-order valence-electron chi connectivity index (χ0n) is 17.3. The van der Waals surface area contributed by atoms with Gasteiger partial charge >= 0.3 is 12.2 Å². The lowest BCUT2D eigenvalue weighted by Gasteiger charge is -2.22. The van der Waals surface area contributed by atoms with E-state index in [4.69, 9.17) is 9.47 Å². The number of rotatable bonds is 3. The van der Waals surface area contributed by atoms with Gasteiger partial charge in [0.1, 0.15) is 11.2 Å². The number of nitrogens with one attached hydrogen (secondary N) is 2. The Morgan fingerprint density at radius 2 is 1.33 bits per heavy atom. The van der Waals surface area contributed by atoms with Gasteiger partial charge in [-0.25, -0.2) is 9.59 Å². The van der Waals surface area contributed by atoms with E-state index in [0.29, 0.717) is 13.0 Å². The van der Waals surface area contributed by atoms with Crippen molar-refractivity contribution in [3.63, 3.8) is 0 Å². The Hall–Kier alpha value is -2.57. The SMILES string of the molecule is Cc1ccc(CCN=C(NC(=O)OC(C)(C)C)NC(=O)OC(C)(C)C)cc1. The molecular formula is C20H31N3O4. The molecule has 0 aliphatic heterocycles. The summed E-state index contributed by atoms with van der Waals surface area (Å²) in [6.45, 7) is 12.9. The molecule has 0 radical (unpaired) electrons. The molecule has 0 unspecified atom stereocenters. The van der Waals surface area contributed by atoms with Gasteiger partial charge in [-0.2, -0.15) is 0 Å². The Morgan fingerprint density at radius 1 is 0.889 bits per heavy atom. The number of carbonyl (C=O) groups is 2. The molecule has 0 saturated heterocycles. The van der Waals surface area contributed by atoms with Gasteiger partial charge < -0.3 is 9.47 Å². The van der Waals surface area contributed by atoms with Gasteiger partial charge in [0.25, 0.3) is 0 Å². The second-order valence-corrected chi connectivity index (χ2v) is 8.22. The molecule has 1 aromatic carbocycles. The van der Waals surface area contributed by atoms with E-state index in [2.05, 4.69) is 15.6 Å². The number of hydrogen-bond acceptors (Lipinski definition) is 5. The topological polar surface area (TPSA) is 89.0 Å². The lowest BCUT2D eigenvalue weighted by molar-refractivity contribution is 0.0545. The lowest BCUT2D eigenvalue weighted by Crippen LogP contribution is -2.47. The van der Waals surface area contributed by atoms with Crippen LogP contribution in [0.4, 0.5) is 9.59 Å². The monoisotopic (exact) mass is 377 g/mol. The van der Waals surface area contributed by atoms with Crippen molar-refractivity contribution in [2.45, 2.75) is 66.1 Å². The maximum atomic E-state index is 12.0. The van der Waals surface area contributed by atoms with E-state index in [0.717, 1.165) is 5.56 Å². The fourth-order valence-electron chi connectivity index (χ4n) is 1.96. The van der Waals surface area contributed by atoms with Crippen LogP contribution in [0.25, 0.3) is 0 Å². The van der Waals surface area contributed by atoms with Gasteiger partial charge in [-0.3, -0.25) is 15.6 Å². The van der Waals surface area contributed by atoms with Gasteiger partial charge in [0.2, 0.25) is 5.96 Å². The van der Waals surface area contributed by atoms with Crippen LogP contribution in [-0.4, -0.2) is 35.9 Å². The van der Waals surface area contributed by atoms with Crippen LogP contribution in [0.1, 0.15) is 52.7 Å². The highest BCUT2D eigenvalue weighted by atomic mass is 16.6. The van der Waals surface area contributed by atoms with E-state index in [1.807, 2.05) is 31.2 Å². The molecule has 150 valence electrons. The molecule has 1 rings (SSSR count). The summed E-state index contributed by atoms with van der Waals surface area (Å²) < 4.78 is 10.4. The number of ether oxygens (including phenoxy) is 2. The van der Waals surface area contributed by atoms with E-state index in [1.54, 1.807) is 41.5 Å². The summed E-state index contributed by atoms with van der Waals surface area (Å²) in [4.78, 5) is 28.3.